The molecule has 3 heteroatoms. The molecule has 0 saturated carbocycles. The summed E-state index contributed by atoms with van der Waals surface area (Å²) in [5.41, 5.74) is 0. The third-order valence-corrected chi connectivity index (χ3v) is 2.37. The average Bonchev–Trinajstić information content (AvgIpc) is 2.57. The van der Waals surface area contributed by atoms with Gasteiger partial charge in [0.05, 0.1) is 12.7 Å². The van der Waals surface area contributed by atoms with Crippen LogP contribution in [-0.2, 0) is 9.47 Å². The highest BCUT2D eigenvalue weighted by Gasteiger charge is 2.31. The topological polar surface area (TPSA) is 38.7 Å². The SMILES string of the molecule is CC1(C)OCC(C/C=C\C/C=C\CCO)O1. The Morgan fingerprint density at radius 1 is 1.25 bits per heavy atom. The van der Waals surface area contributed by atoms with Gasteiger partial charge in [-0.2, -0.15) is 0 Å². The zero-order valence-electron chi connectivity index (χ0n) is 10.2. The van der Waals surface area contributed by atoms with E-state index in [1.807, 2.05) is 19.9 Å². The van der Waals surface area contributed by atoms with E-state index in [4.69, 9.17) is 14.6 Å². The fraction of sp³-hybridized carbons (Fsp3) is 0.692. The van der Waals surface area contributed by atoms with Crippen molar-refractivity contribution >= 4 is 0 Å². The third kappa shape index (κ3) is 5.45. The maximum Gasteiger partial charge on any atom is 0.163 e. The van der Waals surface area contributed by atoms with Gasteiger partial charge >= 0.3 is 0 Å². The van der Waals surface area contributed by atoms with Gasteiger partial charge in [-0.05, 0) is 33.1 Å². The van der Waals surface area contributed by atoms with E-state index in [1.54, 1.807) is 0 Å². The van der Waals surface area contributed by atoms with Crippen LogP contribution in [-0.4, -0.2) is 30.2 Å². The smallest absolute Gasteiger partial charge is 0.163 e. The van der Waals surface area contributed by atoms with Crippen LogP contribution in [0.1, 0.15) is 33.1 Å². The Morgan fingerprint density at radius 2 is 2.00 bits per heavy atom. The Kier molecular flexibility index (Phi) is 5.74. The highest BCUT2D eigenvalue weighted by atomic mass is 16.7. The minimum absolute atomic E-state index is 0.188. The van der Waals surface area contributed by atoms with E-state index in [9.17, 15) is 0 Å². The summed E-state index contributed by atoms with van der Waals surface area (Å²) in [5, 5.41) is 8.56. The van der Waals surface area contributed by atoms with Crippen LogP contribution in [0.3, 0.4) is 0 Å². The molecule has 0 bridgehead atoms. The standard InChI is InChI=1S/C13H22O3/c1-13(2)15-11-12(16-13)9-7-5-3-4-6-8-10-14/h4-7,12,14H,3,8-11H2,1-2H3/b6-4-,7-5-. The Bertz CT molecular complexity index is 244. The first-order chi connectivity index (χ1) is 7.64. The second-order valence-corrected chi connectivity index (χ2v) is 4.38. The normalized spacial score (nSPS) is 24.8. The van der Waals surface area contributed by atoms with E-state index in [-0.39, 0.29) is 12.7 Å². The van der Waals surface area contributed by atoms with Gasteiger partial charge < -0.3 is 14.6 Å². The lowest BCUT2D eigenvalue weighted by Crippen LogP contribution is -2.21. The molecule has 1 rings (SSSR count). The van der Waals surface area contributed by atoms with Crippen LogP contribution in [0.15, 0.2) is 24.3 Å². The van der Waals surface area contributed by atoms with Gasteiger partial charge in [0.25, 0.3) is 0 Å². The third-order valence-electron chi connectivity index (χ3n) is 2.37. The number of aliphatic hydroxyl groups excluding tert-OH is 1. The predicted molar refractivity (Wildman–Crippen MR) is 64.1 cm³/mol. The second-order valence-electron chi connectivity index (χ2n) is 4.38. The molecule has 1 fully saturated rings. The molecule has 1 unspecified atom stereocenters. The van der Waals surface area contributed by atoms with Gasteiger partial charge in [0, 0.05) is 6.61 Å². The molecule has 1 aliphatic rings. The molecule has 0 aromatic rings. The van der Waals surface area contributed by atoms with E-state index < -0.39 is 5.79 Å². The minimum atomic E-state index is -0.417. The maximum atomic E-state index is 8.56. The molecule has 1 N–H and O–H groups in total. The summed E-state index contributed by atoms with van der Waals surface area (Å²) in [4.78, 5) is 0. The monoisotopic (exact) mass is 226 g/mol. The lowest BCUT2D eigenvalue weighted by atomic mass is 10.2. The van der Waals surface area contributed by atoms with Crippen LogP contribution in [0.5, 0.6) is 0 Å². The van der Waals surface area contributed by atoms with E-state index >= 15 is 0 Å². The minimum Gasteiger partial charge on any atom is -0.396 e. The van der Waals surface area contributed by atoms with Crippen molar-refractivity contribution in [3.63, 3.8) is 0 Å². The molecule has 1 saturated heterocycles. The van der Waals surface area contributed by atoms with Crippen LogP contribution in [0.2, 0.25) is 0 Å². The molecular weight excluding hydrogens is 204 g/mol. The lowest BCUT2D eigenvalue weighted by Gasteiger charge is -2.16. The summed E-state index contributed by atoms with van der Waals surface area (Å²) in [6.07, 6.45) is 11.0. The molecule has 0 aliphatic carbocycles. The number of aliphatic hydroxyl groups is 1. The summed E-state index contributed by atoms with van der Waals surface area (Å²) in [7, 11) is 0. The number of rotatable bonds is 6. The second kappa shape index (κ2) is 6.84. The Labute approximate surface area is 97.8 Å². The zero-order chi connectivity index (χ0) is 11.9. The fourth-order valence-corrected chi connectivity index (χ4v) is 1.59. The quantitative estimate of drug-likeness (QED) is 0.707. The molecule has 1 heterocycles. The molecule has 0 spiro atoms. The number of ether oxygens (including phenoxy) is 2. The van der Waals surface area contributed by atoms with Crippen molar-refractivity contribution in [3.05, 3.63) is 24.3 Å². The predicted octanol–water partition coefficient (Wildman–Crippen LogP) is 2.41. The molecule has 92 valence electrons. The van der Waals surface area contributed by atoms with Gasteiger partial charge in [0.15, 0.2) is 5.79 Å². The van der Waals surface area contributed by atoms with E-state index in [1.165, 1.54) is 0 Å². The van der Waals surface area contributed by atoms with Gasteiger partial charge in [-0.25, -0.2) is 0 Å². The number of hydrogen-bond donors (Lipinski definition) is 1. The van der Waals surface area contributed by atoms with Gasteiger partial charge in [0.2, 0.25) is 0 Å². The Balaban J connectivity index is 2.09. The molecule has 0 amide bonds. The lowest BCUT2D eigenvalue weighted by molar-refractivity contribution is -0.137. The van der Waals surface area contributed by atoms with Crippen molar-refractivity contribution in [2.24, 2.45) is 0 Å². The van der Waals surface area contributed by atoms with Crippen LogP contribution in [0.25, 0.3) is 0 Å². The average molecular weight is 226 g/mol. The molecule has 1 atom stereocenters. The van der Waals surface area contributed by atoms with Gasteiger partial charge in [-0.3, -0.25) is 0 Å². The summed E-state index contributed by atoms with van der Waals surface area (Å²) in [5.74, 6) is -0.417. The van der Waals surface area contributed by atoms with Crippen LogP contribution < -0.4 is 0 Å². The first-order valence-electron chi connectivity index (χ1n) is 5.87. The maximum absolute atomic E-state index is 8.56. The Hall–Kier alpha value is -0.640. The number of hydrogen-bond acceptors (Lipinski definition) is 3. The molecule has 0 radical (unpaired) electrons. The summed E-state index contributed by atoms with van der Waals surface area (Å²) < 4.78 is 11.1. The van der Waals surface area contributed by atoms with Crippen LogP contribution in [0.4, 0.5) is 0 Å². The molecular formula is C13H22O3. The van der Waals surface area contributed by atoms with Crippen molar-refractivity contribution < 1.29 is 14.6 Å². The highest BCUT2D eigenvalue weighted by Crippen LogP contribution is 2.24. The van der Waals surface area contributed by atoms with E-state index in [0.29, 0.717) is 6.61 Å². The van der Waals surface area contributed by atoms with Crippen LogP contribution >= 0.6 is 0 Å². The molecule has 0 aromatic carbocycles. The van der Waals surface area contributed by atoms with E-state index in [2.05, 4.69) is 18.2 Å². The number of allylic oxidation sites excluding steroid dienone is 2. The van der Waals surface area contributed by atoms with Crippen LogP contribution in [0, 0.1) is 0 Å². The molecule has 3 nitrogen and oxygen atoms in total. The van der Waals surface area contributed by atoms with Crippen molar-refractivity contribution in [2.75, 3.05) is 13.2 Å². The summed E-state index contributed by atoms with van der Waals surface area (Å²) in [6.45, 7) is 4.78. The molecule has 0 aromatic heterocycles. The molecule has 16 heavy (non-hydrogen) atoms. The van der Waals surface area contributed by atoms with Crippen molar-refractivity contribution in [3.8, 4) is 0 Å². The van der Waals surface area contributed by atoms with Gasteiger partial charge in [-0.15, -0.1) is 0 Å². The van der Waals surface area contributed by atoms with Crippen molar-refractivity contribution in [1.82, 2.24) is 0 Å². The van der Waals surface area contributed by atoms with Gasteiger partial charge in [-0.1, -0.05) is 24.3 Å². The van der Waals surface area contributed by atoms with Crippen molar-refractivity contribution in [2.45, 2.75) is 45.0 Å². The Morgan fingerprint density at radius 3 is 2.62 bits per heavy atom. The summed E-state index contributed by atoms with van der Waals surface area (Å²) in [6, 6.07) is 0. The van der Waals surface area contributed by atoms with E-state index in [0.717, 1.165) is 19.3 Å². The largest absolute Gasteiger partial charge is 0.396 e. The highest BCUT2D eigenvalue weighted by molar-refractivity contribution is 4.94. The van der Waals surface area contributed by atoms with Crippen molar-refractivity contribution in [1.29, 1.82) is 0 Å². The first-order valence-corrected chi connectivity index (χ1v) is 5.87. The molecule has 1 aliphatic heterocycles. The van der Waals surface area contributed by atoms with Gasteiger partial charge in [0.1, 0.15) is 0 Å². The summed E-state index contributed by atoms with van der Waals surface area (Å²) >= 11 is 0. The first kappa shape index (κ1) is 13.4. The fourth-order valence-electron chi connectivity index (χ4n) is 1.59. The zero-order valence-corrected chi connectivity index (χ0v) is 10.2.